The average molecular weight is 405 g/mol. The number of benzene rings is 1. The number of hydrogen-bond acceptors (Lipinski definition) is 4. The molecule has 1 saturated carbocycles. The van der Waals surface area contributed by atoms with Gasteiger partial charge in [-0.1, -0.05) is 0 Å². The first-order valence-corrected chi connectivity index (χ1v) is 10.4. The Labute approximate surface area is 169 Å². The van der Waals surface area contributed by atoms with E-state index in [-0.39, 0.29) is 23.7 Å². The summed E-state index contributed by atoms with van der Waals surface area (Å²) in [6.45, 7) is 1.89. The Morgan fingerprint density at radius 2 is 1.93 bits per heavy atom. The number of carbonyl (C=O) groups is 2. The van der Waals surface area contributed by atoms with Crippen LogP contribution in [0.25, 0.3) is 0 Å². The van der Waals surface area contributed by atoms with E-state index in [1.165, 1.54) is 6.07 Å². The van der Waals surface area contributed by atoms with Crippen molar-refractivity contribution in [3.63, 3.8) is 0 Å². The predicted octanol–water partition coefficient (Wildman–Crippen LogP) is 3.04. The molecule has 1 atom stereocenters. The first-order valence-electron chi connectivity index (χ1n) is 10.4. The van der Waals surface area contributed by atoms with Crippen LogP contribution in [0.2, 0.25) is 0 Å². The molecule has 4 rings (SSSR count). The Kier molecular flexibility index (Phi) is 5.38. The van der Waals surface area contributed by atoms with Crippen molar-refractivity contribution in [2.24, 2.45) is 5.41 Å². The molecule has 0 radical (unpaired) electrons. The van der Waals surface area contributed by atoms with E-state index in [4.69, 9.17) is 5.11 Å². The van der Waals surface area contributed by atoms with Crippen molar-refractivity contribution in [1.82, 2.24) is 4.90 Å². The minimum Gasteiger partial charge on any atom is -0.465 e. The third-order valence-corrected chi connectivity index (χ3v) is 6.77. The second-order valence-electron chi connectivity index (χ2n) is 8.61. The number of hydrogen-bond donors (Lipinski definition) is 3. The lowest BCUT2D eigenvalue weighted by molar-refractivity contribution is -0.139. The van der Waals surface area contributed by atoms with Crippen LogP contribution < -0.4 is 10.2 Å². The number of rotatable bonds is 3. The lowest BCUT2D eigenvalue weighted by Crippen LogP contribution is -2.50. The number of aliphatic hydroxyl groups is 1. The third kappa shape index (κ3) is 3.90. The van der Waals surface area contributed by atoms with Crippen molar-refractivity contribution < 1.29 is 24.2 Å². The maximum Gasteiger partial charge on any atom is 0.409 e. The number of nitrogens with one attached hydrogen (secondary N) is 1. The Hall–Kier alpha value is -2.35. The number of aliphatic hydroxyl groups excluding tert-OH is 1. The van der Waals surface area contributed by atoms with E-state index in [0.717, 1.165) is 51.5 Å². The number of piperidine rings is 1. The highest BCUT2D eigenvalue weighted by Gasteiger charge is 2.50. The summed E-state index contributed by atoms with van der Waals surface area (Å²) in [7, 11) is 0. The molecule has 1 aromatic rings. The fourth-order valence-corrected chi connectivity index (χ4v) is 5.25. The summed E-state index contributed by atoms with van der Waals surface area (Å²) in [6, 6.07) is 4.52. The highest BCUT2D eigenvalue weighted by atomic mass is 19.1. The van der Waals surface area contributed by atoms with Gasteiger partial charge in [-0.25, -0.2) is 9.18 Å². The van der Waals surface area contributed by atoms with Gasteiger partial charge in [0.1, 0.15) is 5.82 Å². The summed E-state index contributed by atoms with van der Waals surface area (Å²) in [5, 5.41) is 20.7. The highest BCUT2D eigenvalue weighted by Crippen LogP contribution is 2.43. The number of halogens is 1. The van der Waals surface area contributed by atoms with Crippen LogP contribution in [0.5, 0.6) is 0 Å². The number of anilines is 2. The quantitative estimate of drug-likeness (QED) is 0.719. The largest absolute Gasteiger partial charge is 0.465 e. The molecule has 2 saturated heterocycles. The van der Waals surface area contributed by atoms with Crippen LogP contribution in [0, 0.1) is 11.2 Å². The van der Waals surface area contributed by atoms with Gasteiger partial charge in [0.25, 0.3) is 0 Å². The van der Waals surface area contributed by atoms with E-state index in [1.807, 2.05) is 9.80 Å². The van der Waals surface area contributed by atoms with Crippen LogP contribution in [-0.4, -0.2) is 58.9 Å². The standard InChI is InChI=1S/C21H28FN3O4/c22-17-12-14(23-20(28)29)2-7-18(17)24-10-1-8-21(13-24)9-11-25(19(21)27)15-3-5-16(26)6-4-15/h2,7,12,15-16,23,26H,1,3-6,8-11,13H2,(H,28,29). The van der Waals surface area contributed by atoms with Gasteiger partial charge in [-0.3, -0.25) is 10.1 Å². The molecule has 1 spiro atoms. The molecule has 1 aromatic carbocycles. The maximum atomic E-state index is 14.7. The van der Waals surface area contributed by atoms with Gasteiger partial charge in [0.15, 0.2) is 0 Å². The highest BCUT2D eigenvalue weighted by molar-refractivity contribution is 5.86. The SMILES string of the molecule is O=C(O)Nc1ccc(N2CCCC3(CCN(C4CCC(O)CC4)C3=O)C2)c(F)c1. The van der Waals surface area contributed by atoms with E-state index in [1.54, 1.807) is 12.1 Å². The number of likely N-dealkylation sites (tertiary alicyclic amines) is 1. The smallest absolute Gasteiger partial charge is 0.409 e. The van der Waals surface area contributed by atoms with Gasteiger partial charge < -0.3 is 20.0 Å². The van der Waals surface area contributed by atoms with E-state index < -0.39 is 17.3 Å². The first kappa shape index (κ1) is 19.9. The third-order valence-electron chi connectivity index (χ3n) is 6.77. The molecule has 1 aliphatic carbocycles. The van der Waals surface area contributed by atoms with Crippen molar-refractivity contribution in [3.05, 3.63) is 24.0 Å². The van der Waals surface area contributed by atoms with Crippen molar-refractivity contribution >= 4 is 23.4 Å². The normalized spacial score (nSPS) is 30.1. The van der Waals surface area contributed by atoms with Gasteiger partial charge >= 0.3 is 6.09 Å². The molecule has 7 nitrogen and oxygen atoms in total. The zero-order chi connectivity index (χ0) is 20.6. The fraction of sp³-hybridized carbons (Fsp3) is 0.619. The van der Waals surface area contributed by atoms with Gasteiger partial charge in [-0.05, 0) is 63.1 Å². The van der Waals surface area contributed by atoms with Crippen molar-refractivity contribution in [2.75, 3.05) is 29.9 Å². The molecule has 2 heterocycles. The molecular formula is C21H28FN3O4. The Bertz CT molecular complexity index is 796. The van der Waals surface area contributed by atoms with Crippen molar-refractivity contribution in [2.45, 2.75) is 57.1 Å². The van der Waals surface area contributed by atoms with Gasteiger partial charge in [0.05, 0.1) is 17.2 Å². The van der Waals surface area contributed by atoms with Crippen molar-refractivity contribution in [3.8, 4) is 0 Å². The summed E-state index contributed by atoms with van der Waals surface area (Å²) < 4.78 is 14.7. The van der Waals surface area contributed by atoms with Gasteiger partial charge in [0.2, 0.25) is 5.91 Å². The second kappa shape index (κ2) is 7.82. The Balaban J connectivity index is 1.48. The van der Waals surface area contributed by atoms with Crippen LogP contribution >= 0.6 is 0 Å². The number of amides is 2. The summed E-state index contributed by atoms with van der Waals surface area (Å²) in [6.07, 6.45) is 4.11. The van der Waals surface area contributed by atoms with Crippen LogP contribution in [0.15, 0.2) is 18.2 Å². The molecule has 2 amide bonds. The van der Waals surface area contributed by atoms with Crippen molar-refractivity contribution in [1.29, 1.82) is 0 Å². The molecular weight excluding hydrogens is 377 g/mol. The zero-order valence-corrected chi connectivity index (χ0v) is 16.4. The Morgan fingerprint density at radius 1 is 1.17 bits per heavy atom. The van der Waals surface area contributed by atoms with E-state index in [0.29, 0.717) is 18.8 Å². The molecule has 2 aliphatic heterocycles. The molecule has 158 valence electrons. The molecule has 8 heteroatoms. The zero-order valence-electron chi connectivity index (χ0n) is 16.4. The molecule has 3 aliphatic rings. The van der Waals surface area contributed by atoms with Crippen LogP contribution in [0.3, 0.4) is 0 Å². The summed E-state index contributed by atoms with van der Waals surface area (Å²) >= 11 is 0. The summed E-state index contributed by atoms with van der Waals surface area (Å²) in [4.78, 5) is 28.1. The molecule has 1 unspecified atom stereocenters. The van der Waals surface area contributed by atoms with Gasteiger partial charge in [-0.15, -0.1) is 0 Å². The second-order valence-corrected chi connectivity index (χ2v) is 8.61. The van der Waals surface area contributed by atoms with Crippen LogP contribution in [-0.2, 0) is 4.79 Å². The fourth-order valence-electron chi connectivity index (χ4n) is 5.25. The maximum absolute atomic E-state index is 14.7. The van der Waals surface area contributed by atoms with Crippen LogP contribution in [0.1, 0.15) is 44.9 Å². The molecule has 3 fully saturated rings. The van der Waals surface area contributed by atoms with Gasteiger partial charge in [0, 0.05) is 31.4 Å². The number of carbonyl (C=O) groups excluding carboxylic acids is 1. The molecule has 29 heavy (non-hydrogen) atoms. The average Bonchev–Trinajstić information content (AvgIpc) is 2.98. The summed E-state index contributed by atoms with van der Waals surface area (Å²) in [5.41, 5.74) is 0.124. The van der Waals surface area contributed by atoms with E-state index in [2.05, 4.69) is 5.32 Å². The molecule has 0 bridgehead atoms. The number of carboxylic acid groups (broad SMARTS) is 1. The summed E-state index contributed by atoms with van der Waals surface area (Å²) in [5.74, 6) is -0.315. The minimum absolute atomic E-state index is 0.174. The van der Waals surface area contributed by atoms with E-state index in [9.17, 15) is 19.1 Å². The number of nitrogens with zero attached hydrogens (tertiary/aromatic N) is 2. The minimum atomic E-state index is -1.24. The predicted molar refractivity (Wildman–Crippen MR) is 107 cm³/mol. The molecule has 0 aromatic heterocycles. The monoisotopic (exact) mass is 405 g/mol. The molecule has 3 N–H and O–H groups in total. The van der Waals surface area contributed by atoms with Gasteiger partial charge in [-0.2, -0.15) is 0 Å². The lowest BCUT2D eigenvalue weighted by Gasteiger charge is -2.41. The topological polar surface area (TPSA) is 93.1 Å². The lowest BCUT2D eigenvalue weighted by atomic mass is 9.78. The van der Waals surface area contributed by atoms with E-state index >= 15 is 0 Å². The first-order chi connectivity index (χ1) is 13.9. The Morgan fingerprint density at radius 3 is 2.62 bits per heavy atom. The van der Waals surface area contributed by atoms with Crippen LogP contribution in [0.4, 0.5) is 20.6 Å².